The molecule has 0 saturated carbocycles. The van der Waals surface area contributed by atoms with Gasteiger partial charge in [0.1, 0.15) is 5.82 Å². The van der Waals surface area contributed by atoms with Gasteiger partial charge in [0.2, 0.25) is 5.91 Å². The molecule has 1 aromatic carbocycles. The SMILES string of the molecule is CC(CC(O)c1ccc(F)cc1)NC(=O)C1CC(O)CN1. The first kappa shape index (κ1) is 15.9. The van der Waals surface area contributed by atoms with Crippen LogP contribution >= 0.6 is 0 Å². The van der Waals surface area contributed by atoms with Crippen molar-refractivity contribution in [3.8, 4) is 0 Å². The Morgan fingerprint density at radius 3 is 2.71 bits per heavy atom. The minimum Gasteiger partial charge on any atom is -0.392 e. The molecule has 0 spiro atoms. The van der Waals surface area contributed by atoms with Crippen LogP contribution in [-0.4, -0.2) is 40.9 Å². The van der Waals surface area contributed by atoms with Crippen LogP contribution in [0.2, 0.25) is 0 Å². The van der Waals surface area contributed by atoms with E-state index in [0.29, 0.717) is 24.9 Å². The van der Waals surface area contributed by atoms with Crippen LogP contribution in [0.3, 0.4) is 0 Å². The van der Waals surface area contributed by atoms with Gasteiger partial charge in [-0.1, -0.05) is 12.1 Å². The molecule has 4 unspecified atom stereocenters. The Labute approximate surface area is 123 Å². The maximum atomic E-state index is 12.8. The van der Waals surface area contributed by atoms with E-state index in [0.717, 1.165) is 0 Å². The molecule has 4 N–H and O–H groups in total. The fraction of sp³-hybridized carbons (Fsp3) is 0.533. The number of hydrogen-bond donors (Lipinski definition) is 4. The number of benzene rings is 1. The Hall–Kier alpha value is -1.50. The van der Waals surface area contributed by atoms with Crippen molar-refractivity contribution in [3.63, 3.8) is 0 Å². The summed E-state index contributed by atoms with van der Waals surface area (Å²) < 4.78 is 12.8. The van der Waals surface area contributed by atoms with Crippen LogP contribution in [0.1, 0.15) is 31.4 Å². The van der Waals surface area contributed by atoms with Gasteiger partial charge in [0.25, 0.3) is 0 Å². The Kier molecular flexibility index (Phi) is 5.27. The van der Waals surface area contributed by atoms with Gasteiger partial charge in [-0.25, -0.2) is 4.39 Å². The maximum absolute atomic E-state index is 12.8. The number of hydrogen-bond acceptors (Lipinski definition) is 4. The molecular weight excluding hydrogens is 275 g/mol. The standard InChI is InChI=1S/C15H21FN2O3/c1-9(18-15(21)13-7-12(19)8-17-13)6-14(20)10-2-4-11(16)5-3-10/h2-5,9,12-14,17,19-20H,6-8H2,1H3,(H,18,21). The summed E-state index contributed by atoms with van der Waals surface area (Å²) in [6.07, 6.45) is -0.505. The number of aliphatic hydroxyl groups excluding tert-OH is 2. The zero-order chi connectivity index (χ0) is 15.4. The molecule has 1 aromatic rings. The summed E-state index contributed by atoms with van der Waals surface area (Å²) in [6, 6.07) is 5.05. The second kappa shape index (κ2) is 6.98. The summed E-state index contributed by atoms with van der Waals surface area (Å²) in [5.41, 5.74) is 0.618. The van der Waals surface area contributed by atoms with Crippen molar-refractivity contribution in [2.45, 2.75) is 44.1 Å². The monoisotopic (exact) mass is 296 g/mol. The Bertz CT molecular complexity index is 480. The van der Waals surface area contributed by atoms with Crippen molar-refractivity contribution in [3.05, 3.63) is 35.6 Å². The van der Waals surface area contributed by atoms with Crippen molar-refractivity contribution in [2.24, 2.45) is 0 Å². The summed E-state index contributed by atoms with van der Waals surface area (Å²) in [5, 5.41) is 25.2. The van der Waals surface area contributed by atoms with Crippen molar-refractivity contribution >= 4 is 5.91 Å². The second-order valence-corrected chi connectivity index (χ2v) is 5.56. The molecule has 0 bridgehead atoms. The van der Waals surface area contributed by atoms with Gasteiger partial charge in [0.05, 0.1) is 18.2 Å². The number of carbonyl (C=O) groups is 1. The number of carbonyl (C=O) groups excluding carboxylic acids is 1. The normalized spacial score (nSPS) is 24.6. The predicted octanol–water partition coefficient (Wildman–Crippen LogP) is 0.477. The average molecular weight is 296 g/mol. The first-order valence-corrected chi connectivity index (χ1v) is 7.11. The first-order valence-electron chi connectivity index (χ1n) is 7.11. The lowest BCUT2D eigenvalue weighted by atomic mass is 10.0. The van der Waals surface area contributed by atoms with E-state index in [4.69, 9.17) is 0 Å². The average Bonchev–Trinajstić information content (AvgIpc) is 2.86. The molecule has 21 heavy (non-hydrogen) atoms. The van der Waals surface area contributed by atoms with Crippen LogP contribution in [0.4, 0.5) is 4.39 Å². The largest absolute Gasteiger partial charge is 0.392 e. The van der Waals surface area contributed by atoms with Gasteiger partial charge < -0.3 is 20.8 Å². The van der Waals surface area contributed by atoms with Gasteiger partial charge in [-0.3, -0.25) is 4.79 Å². The molecular formula is C15H21FN2O3. The van der Waals surface area contributed by atoms with Crippen molar-refractivity contribution in [2.75, 3.05) is 6.54 Å². The second-order valence-electron chi connectivity index (χ2n) is 5.56. The van der Waals surface area contributed by atoms with E-state index in [1.807, 2.05) is 0 Å². The molecule has 1 fully saturated rings. The molecule has 6 heteroatoms. The van der Waals surface area contributed by atoms with Crippen LogP contribution in [0, 0.1) is 5.82 Å². The summed E-state index contributed by atoms with van der Waals surface area (Å²) in [6.45, 7) is 2.22. The molecule has 116 valence electrons. The lowest BCUT2D eigenvalue weighted by Crippen LogP contribution is -2.44. The highest BCUT2D eigenvalue weighted by atomic mass is 19.1. The zero-order valence-electron chi connectivity index (χ0n) is 11.9. The van der Waals surface area contributed by atoms with Crippen molar-refractivity contribution in [1.82, 2.24) is 10.6 Å². The maximum Gasteiger partial charge on any atom is 0.237 e. The smallest absolute Gasteiger partial charge is 0.237 e. The van der Waals surface area contributed by atoms with Gasteiger partial charge in [-0.15, -0.1) is 0 Å². The van der Waals surface area contributed by atoms with Crippen molar-refractivity contribution < 1.29 is 19.4 Å². The van der Waals surface area contributed by atoms with E-state index in [9.17, 15) is 19.4 Å². The number of rotatable bonds is 5. The third-order valence-electron chi connectivity index (χ3n) is 3.64. The van der Waals surface area contributed by atoms with Crippen LogP contribution in [0.15, 0.2) is 24.3 Å². The molecule has 1 saturated heterocycles. The molecule has 1 amide bonds. The molecule has 0 aliphatic carbocycles. The van der Waals surface area contributed by atoms with E-state index < -0.39 is 12.2 Å². The highest BCUT2D eigenvalue weighted by Crippen LogP contribution is 2.18. The van der Waals surface area contributed by atoms with Crippen LogP contribution in [0.5, 0.6) is 0 Å². The highest BCUT2D eigenvalue weighted by molar-refractivity contribution is 5.82. The fourth-order valence-electron chi connectivity index (χ4n) is 2.48. The Balaban J connectivity index is 1.82. The molecule has 0 radical (unpaired) electrons. The Morgan fingerprint density at radius 1 is 1.48 bits per heavy atom. The number of halogens is 1. The predicted molar refractivity (Wildman–Crippen MR) is 76.0 cm³/mol. The first-order chi connectivity index (χ1) is 9.95. The molecule has 1 aliphatic heterocycles. The highest BCUT2D eigenvalue weighted by Gasteiger charge is 2.28. The fourth-order valence-corrected chi connectivity index (χ4v) is 2.48. The van der Waals surface area contributed by atoms with Gasteiger partial charge >= 0.3 is 0 Å². The van der Waals surface area contributed by atoms with Crippen LogP contribution < -0.4 is 10.6 Å². The number of amides is 1. The van der Waals surface area contributed by atoms with E-state index in [2.05, 4.69) is 10.6 Å². The van der Waals surface area contributed by atoms with E-state index in [1.54, 1.807) is 6.92 Å². The van der Waals surface area contributed by atoms with E-state index in [1.165, 1.54) is 24.3 Å². The minimum atomic E-state index is -0.761. The quantitative estimate of drug-likeness (QED) is 0.637. The Morgan fingerprint density at radius 2 is 2.14 bits per heavy atom. The van der Waals surface area contributed by atoms with Crippen LogP contribution in [0.25, 0.3) is 0 Å². The zero-order valence-corrected chi connectivity index (χ0v) is 11.9. The minimum absolute atomic E-state index is 0.176. The third kappa shape index (κ3) is 4.49. The number of aliphatic hydroxyl groups is 2. The number of β-amino-alcohol motifs (C(OH)–C–C–N with tert-alkyl or cyclic N) is 1. The summed E-state index contributed by atoms with van der Waals surface area (Å²) in [7, 11) is 0. The lowest BCUT2D eigenvalue weighted by Gasteiger charge is -2.20. The molecule has 0 aromatic heterocycles. The van der Waals surface area contributed by atoms with Crippen molar-refractivity contribution in [1.29, 1.82) is 0 Å². The molecule has 4 atom stereocenters. The lowest BCUT2D eigenvalue weighted by molar-refractivity contribution is -0.123. The molecule has 1 aliphatic rings. The van der Waals surface area contributed by atoms with Gasteiger partial charge in [0, 0.05) is 12.6 Å². The summed E-state index contributed by atoms with van der Waals surface area (Å²) >= 11 is 0. The van der Waals surface area contributed by atoms with Gasteiger partial charge in [0.15, 0.2) is 0 Å². The molecule has 1 heterocycles. The summed E-state index contributed by atoms with van der Waals surface area (Å²) in [5.74, 6) is -0.525. The van der Waals surface area contributed by atoms with E-state index in [-0.39, 0.29) is 23.8 Å². The molecule has 2 rings (SSSR count). The van der Waals surface area contributed by atoms with E-state index >= 15 is 0 Å². The van der Waals surface area contributed by atoms with Crippen LogP contribution in [-0.2, 0) is 4.79 Å². The summed E-state index contributed by atoms with van der Waals surface area (Å²) in [4.78, 5) is 11.9. The molecule has 5 nitrogen and oxygen atoms in total. The third-order valence-corrected chi connectivity index (χ3v) is 3.64. The van der Waals surface area contributed by atoms with Gasteiger partial charge in [-0.05, 0) is 37.5 Å². The number of nitrogens with one attached hydrogen (secondary N) is 2. The van der Waals surface area contributed by atoms with Gasteiger partial charge in [-0.2, -0.15) is 0 Å². The topological polar surface area (TPSA) is 81.6 Å².